The number of hydrogen-bond donors (Lipinski definition) is 2. The van der Waals surface area contributed by atoms with E-state index in [1.807, 2.05) is 12.1 Å². The number of carbonyl (C=O) groups excluding carboxylic acids is 1. The van der Waals surface area contributed by atoms with Crippen molar-refractivity contribution < 1.29 is 4.79 Å². The van der Waals surface area contributed by atoms with Gasteiger partial charge < -0.3 is 15.5 Å². The second-order valence-corrected chi connectivity index (χ2v) is 8.78. The Morgan fingerprint density at radius 1 is 1.15 bits per heavy atom. The quantitative estimate of drug-likeness (QED) is 0.552. The van der Waals surface area contributed by atoms with E-state index < -0.39 is 0 Å². The van der Waals surface area contributed by atoms with Crippen LogP contribution < -0.4 is 10.6 Å². The van der Waals surface area contributed by atoms with Gasteiger partial charge in [-0.15, -0.1) is 5.10 Å². The van der Waals surface area contributed by atoms with Crippen LogP contribution in [0, 0.1) is 5.92 Å². The van der Waals surface area contributed by atoms with Crippen LogP contribution in [0.25, 0.3) is 11.4 Å². The van der Waals surface area contributed by atoms with E-state index in [4.69, 9.17) is 0 Å². The third-order valence-electron chi connectivity index (χ3n) is 6.25. The van der Waals surface area contributed by atoms with Crippen molar-refractivity contribution in [3.8, 4) is 11.4 Å². The minimum absolute atomic E-state index is 0.174. The van der Waals surface area contributed by atoms with Gasteiger partial charge in [0.15, 0.2) is 5.82 Å². The van der Waals surface area contributed by atoms with Crippen LogP contribution in [0.2, 0.25) is 0 Å². The minimum Gasteiger partial charge on any atom is -0.338 e. The van der Waals surface area contributed by atoms with Gasteiger partial charge in [0, 0.05) is 37.9 Å². The van der Waals surface area contributed by atoms with Crippen LogP contribution in [0.4, 0.5) is 10.5 Å². The molecule has 33 heavy (non-hydrogen) atoms. The van der Waals surface area contributed by atoms with Crippen LogP contribution in [-0.4, -0.2) is 57.3 Å². The Kier molecular flexibility index (Phi) is 7.67. The molecule has 1 aliphatic rings. The Morgan fingerprint density at radius 3 is 2.76 bits per heavy atom. The number of rotatable bonds is 8. The topological polar surface area (TPSA) is 88.0 Å². The molecule has 0 bridgehead atoms. The highest BCUT2D eigenvalue weighted by Gasteiger charge is 2.20. The van der Waals surface area contributed by atoms with Crippen molar-refractivity contribution in [3.05, 3.63) is 59.7 Å². The van der Waals surface area contributed by atoms with Crippen molar-refractivity contribution in [3.63, 3.8) is 0 Å². The summed E-state index contributed by atoms with van der Waals surface area (Å²) in [4.78, 5) is 15.2. The van der Waals surface area contributed by atoms with Crippen molar-refractivity contribution in [2.24, 2.45) is 13.0 Å². The molecule has 2 aromatic carbocycles. The number of nitrogens with one attached hydrogen (secondary N) is 2. The predicted molar refractivity (Wildman–Crippen MR) is 130 cm³/mol. The Balaban J connectivity index is 1.29. The van der Waals surface area contributed by atoms with Crippen LogP contribution in [0.5, 0.6) is 0 Å². The summed E-state index contributed by atoms with van der Waals surface area (Å²) in [6.07, 6.45) is 4.25. The van der Waals surface area contributed by atoms with Gasteiger partial charge in [0.2, 0.25) is 0 Å². The first kappa shape index (κ1) is 22.9. The molecule has 1 atom stereocenters. The average molecular weight is 448 g/mol. The summed E-state index contributed by atoms with van der Waals surface area (Å²) in [6, 6.07) is 16.4. The summed E-state index contributed by atoms with van der Waals surface area (Å²) in [5.41, 5.74) is 4.13. The van der Waals surface area contributed by atoms with Gasteiger partial charge in [0.1, 0.15) is 0 Å². The summed E-state index contributed by atoms with van der Waals surface area (Å²) in [5, 5.41) is 17.8. The number of carbonyl (C=O) groups is 1. The van der Waals surface area contributed by atoms with Crippen LogP contribution in [0.1, 0.15) is 30.9 Å². The zero-order valence-electron chi connectivity index (χ0n) is 19.5. The Bertz CT molecular complexity index is 1050. The summed E-state index contributed by atoms with van der Waals surface area (Å²) < 4.78 is 1.63. The van der Waals surface area contributed by atoms with E-state index in [0.717, 1.165) is 55.7 Å². The number of amides is 2. The number of likely N-dealkylation sites (tertiary alicyclic amines) is 1. The highest BCUT2D eigenvalue weighted by atomic mass is 16.2. The van der Waals surface area contributed by atoms with Gasteiger partial charge in [-0.05, 0) is 77.9 Å². The molecule has 0 saturated carbocycles. The van der Waals surface area contributed by atoms with Crippen molar-refractivity contribution in [2.75, 3.05) is 31.5 Å². The summed E-state index contributed by atoms with van der Waals surface area (Å²) >= 11 is 0. The maximum absolute atomic E-state index is 12.6. The standard InChI is InChI=1S/C25H33N7O/c1-3-19-14-22(24-28-29-30-31(24)2)16-23(15-19)27-25(33)26-17-21-10-7-12-32(18-21)13-11-20-8-5-4-6-9-20/h4-6,8-9,14-16,21H,3,7,10-13,17-18H2,1-2H3,(H2,26,27,33)/t21-/m0/s1. The van der Waals surface area contributed by atoms with Gasteiger partial charge in [-0.25, -0.2) is 9.48 Å². The van der Waals surface area contributed by atoms with E-state index in [2.05, 4.69) is 74.4 Å². The molecule has 0 radical (unpaired) electrons. The molecule has 2 N–H and O–H groups in total. The molecule has 8 heteroatoms. The number of hydrogen-bond acceptors (Lipinski definition) is 5. The number of aromatic nitrogens is 4. The van der Waals surface area contributed by atoms with E-state index in [1.165, 1.54) is 12.0 Å². The third-order valence-corrected chi connectivity index (χ3v) is 6.25. The fourth-order valence-electron chi connectivity index (χ4n) is 4.44. The minimum atomic E-state index is -0.174. The molecule has 1 saturated heterocycles. The molecule has 0 unspecified atom stereocenters. The van der Waals surface area contributed by atoms with E-state index in [9.17, 15) is 4.79 Å². The Hall–Kier alpha value is -3.26. The first-order valence-corrected chi connectivity index (χ1v) is 11.8. The SMILES string of the molecule is CCc1cc(NC(=O)NC[C@@H]2CCCN(CCc3ccccc3)C2)cc(-c2nnnn2C)c1. The van der Waals surface area contributed by atoms with Gasteiger partial charge >= 0.3 is 6.03 Å². The number of anilines is 1. The van der Waals surface area contributed by atoms with Gasteiger partial charge in [-0.3, -0.25) is 0 Å². The lowest BCUT2D eigenvalue weighted by molar-refractivity contribution is 0.174. The molecule has 4 rings (SSSR count). The normalized spacial score (nSPS) is 16.5. The smallest absolute Gasteiger partial charge is 0.319 e. The summed E-state index contributed by atoms with van der Waals surface area (Å²) in [5.74, 6) is 1.15. The highest BCUT2D eigenvalue weighted by Crippen LogP contribution is 2.23. The lowest BCUT2D eigenvalue weighted by Crippen LogP contribution is -2.42. The highest BCUT2D eigenvalue weighted by molar-refractivity contribution is 5.90. The number of nitrogens with zero attached hydrogens (tertiary/aromatic N) is 5. The van der Waals surface area contributed by atoms with Crippen LogP contribution >= 0.6 is 0 Å². The summed E-state index contributed by atoms with van der Waals surface area (Å²) in [7, 11) is 1.81. The molecule has 0 spiro atoms. The molecule has 2 heterocycles. The first-order valence-electron chi connectivity index (χ1n) is 11.8. The molecule has 1 aliphatic heterocycles. The largest absolute Gasteiger partial charge is 0.338 e. The van der Waals surface area contributed by atoms with E-state index in [1.54, 1.807) is 11.7 Å². The molecule has 0 aliphatic carbocycles. The average Bonchev–Trinajstić information content (AvgIpc) is 3.28. The molecular formula is C25H33N7O. The Labute approximate surface area is 195 Å². The number of piperidine rings is 1. The second kappa shape index (κ2) is 11.0. The molecule has 8 nitrogen and oxygen atoms in total. The fraction of sp³-hybridized carbons (Fsp3) is 0.440. The van der Waals surface area contributed by atoms with Gasteiger partial charge in [0.25, 0.3) is 0 Å². The van der Waals surface area contributed by atoms with E-state index >= 15 is 0 Å². The summed E-state index contributed by atoms with van der Waals surface area (Å²) in [6.45, 7) is 6.00. The first-order chi connectivity index (χ1) is 16.1. The molecular weight excluding hydrogens is 414 g/mol. The predicted octanol–water partition coefficient (Wildman–Crippen LogP) is 3.52. The molecule has 1 fully saturated rings. The van der Waals surface area contributed by atoms with E-state index in [-0.39, 0.29) is 6.03 Å². The molecule has 3 aromatic rings. The number of aryl methyl sites for hydroxylation is 2. The van der Waals surface area contributed by atoms with Crippen molar-refractivity contribution in [1.29, 1.82) is 0 Å². The van der Waals surface area contributed by atoms with Crippen LogP contribution in [0.3, 0.4) is 0 Å². The van der Waals surface area contributed by atoms with Gasteiger partial charge in [-0.2, -0.15) is 0 Å². The van der Waals surface area contributed by atoms with Crippen molar-refractivity contribution in [2.45, 2.75) is 32.6 Å². The monoisotopic (exact) mass is 447 g/mol. The maximum atomic E-state index is 12.6. The number of benzene rings is 2. The van der Waals surface area contributed by atoms with Gasteiger partial charge in [0.05, 0.1) is 0 Å². The lowest BCUT2D eigenvalue weighted by atomic mass is 9.97. The maximum Gasteiger partial charge on any atom is 0.319 e. The number of tetrazole rings is 1. The van der Waals surface area contributed by atoms with Crippen molar-refractivity contribution >= 4 is 11.7 Å². The van der Waals surface area contributed by atoms with Crippen LogP contribution in [-0.2, 0) is 19.9 Å². The van der Waals surface area contributed by atoms with Gasteiger partial charge in [-0.1, -0.05) is 37.3 Å². The number of urea groups is 1. The van der Waals surface area contributed by atoms with Crippen molar-refractivity contribution in [1.82, 2.24) is 30.4 Å². The third kappa shape index (κ3) is 6.38. The van der Waals surface area contributed by atoms with Crippen LogP contribution in [0.15, 0.2) is 48.5 Å². The zero-order chi connectivity index (χ0) is 23.0. The lowest BCUT2D eigenvalue weighted by Gasteiger charge is -2.32. The fourth-order valence-corrected chi connectivity index (χ4v) is 4.44. The Morgan fingerprint density at radius 2 is 2.00 bits per heavy atom. The molecule has 2 amide bonds. The zero-order valence-corrected chi connectivity index (χ0v) is 19.5. The molecule has 1 aromatic heterocycles. The second-order valence-electron chi connectivity index (χ2n) is 8.78. The van der Waals surface area contributed by atoms with E-state index in [0.29, 0.717) is 18.3 Å². The molecule has 174 valence electrons.